The van der Waals surface area contributed by atoms with E-state index in [0.29, 0.717) is 11.5 Å². The van der Waals surface area contributed by atoms with Crippen LogP contribution in [0.15, 0.2) is 10.9 Å². The maximum Gasteiger partial charge on any atom is 0.349 e. The van der Waals surface area contributed by atoms with Crippen LogP contribution in [0.2, 0.25) is 0 Å². The van der Waals surface area contributed by atoms with Gasteiger partial charge in [0, 0.05) is 18.2 Å². The smallest absolute Gasteiger partial charge is 0.349 e. The van der Waals surface area contributed by atoms with E-state index in [-0.39, 0.29) is 17.8 Å². The Morgan fingerprint density at radius 1 is 1.47 bits per heavy atom. The topological polar surface area (TPSA) is 101 Å². The number of hydrogen-bond acceptors (Lipinski definition) is 5. The Hall–Kier alpha value is -1.89. The lowest BCUT2D eigenvalue weighted by molar-refractivity contribution is 0.403. The molecule has 102 valence electrons. The highest BCUT2D eigenvalue weighted by Gasteiger charge is 2.22. The third-order valence-electron chi connectivity index (χ3n) is 3.72. The molecule has 0 saturated heterocycles. The van der Waals surface area contributed by atoms with Crippen molar-refractivity contribution in [3.63, 3.8) is 0 Å². The van der Waals surface area contributed by atoms with E-state index < -0.39 is 0 Å². The van der Waals surface area contributed by atoms with Gasteiger partial charge in [-0.3, -0.25) is 0 Å². The Labute approximate surface area is 110 Å². The molecule has 0 unspecified atom stereocenters. The number of fused-ring (bicyclic) bond motifs is 1. The van der Waals surface area contributed by atoms with Crippen molar-refractivity contribution in [2.75, 3.05) is 5.32 Å². The van der Waals surface area contributed by atoms with Crippen LogP contribution in [0.4, 0.5) is 5.82 Å². The summed E-state index contributed by atoms with van der Waals surface area (Å²) in [7, 11) is 0. The lowest BCUT2D eigenvalue weighted by atomic mass is 9.91. The summed E-state index contributed by atoms with van der Waals surface area (Å²) in [4.78, 5) is 15.9. The molecule has 2 aromatic heterocycles. The first-order valence-corrected chi connectivity index (χ1v) is 6.62. The molecule has 1 fully saturated rings. The molecular formula is C12H18N6O. The van der Waals surface area contributed by atoms with Gasteiger partial charge in [-0.1, -0.05) is 12.8 Å². The van der Waals surface area contributed by atoms with Crippen LogP contribution in [0.1, 0.15) is 31.5 Å². The minimum absolute atomic E-state index is 0.161. The zero-order valence-corrected chi connectivity index (χ0v) is 10.9. The summed E-state index contributed by atoms with van der Waals surface area (Å²) in [5, 5.41) is 9.76. The molecule has 0 amide bonds. The second kappa shape index (κ2) is 4.65. The van der Waals surface area contributed by atoms with E-state index >= 15 is 0 Å². The molecule has 0 bridgehead atoms. The van der Waals surface area contributed by atoms with Gasteiger partial charge in [-0.15, -0.1) is 0 Å². The molecular weight excluding hydrogens is 244 g/mol. The van der Waals surface area contributed by atoms with Crippen molar-refractivity contribution >= 4 is 11.5 Å². The Balaban J connectivity index is 1.91. The Morgan fingerprint density at radius 2 is 2.26 bits per heavy atom. The summed E-state index contributed by atoms with van der Waals surface area (Å²) in [6, 6.07) is 2.17. The molecule has 4 N–H and O–H groups in total. The zero-order valence-electron chi connectivity index (χ0n) is 10.9. The average molecular weight is 262 g/mol. The minimum atomic E-state index is -0.263. The molecule has 1 aliphatic carbocycles. The fourth-order valence-electron chi connectivity index (χ4n) is 2.70. The normalized spacial score (nSPS) is 23.7. The lowest BCUT2D eigenvalue weighted by Crippen LogP contribution is -2.42. The van der Waals surface area contributed by atoms with Gasteiger partial charge in [-0.25, -0.2) is 19.3 Å². The zero-order chi connectivity index (χ0) is 13.4. The molecule has 0 aromatic carbocycles. The molecule has 2 atom stereocenters. The van der Waals surface area contributed by atoms with Gasteiger partial charge in [-0.05, 0) is 19.8 Å². The van der Waals surface area contributed by atoms with E-state index in [2.05, 4.69) is 20.5 Å². The van der Waals surface area contributed by atoms with Crippen LogP contribution in [0, 0.1) is 6.92 Å². The van der Waals surface area contributed by atoms with Crippen molar-refractivity contribution < 1.29 is 0 Å². The highest BCUT2D eigenvalue weighted by Crippen LogP contribution is 2.20. The van der Waals surface area contributed by atoms with Gasteiger partial charge in [-0.2, -0.15) is 5.10 Å². The van der Waals surface area contributed by atoms with Gasteiger partial charge in [0.05, 0.1) is 0 Å². The maximum atomic E-state index is 11.5. The monoisotopic (exact) mass is 262 g/mol. The van der Waals surface area contributed by atoms with Crippen LogP contribution in [-0.4, -0.2) is 31.7 Å². The van der Waals surface area contributed by atoms with E-state index in [1.807, 2.05) is 0 Å². The molecule has 2 heterocycles. The van der Waals surface area contributed by atoms with Crippen molar-refractivity contribution in [1.29, 1.82) is 0 Å². The van der Waals surface area contributed by atoms with Crippen molar-refractivity contribution in [1.82, 2.24) is 19.6 Å². The minimum Gasteiger partial charge on any atom is -0.366 e. The van der Waals surface area contributed by atoms with Crippen LogP contribution >= 0.6 is 0 Å². The van der Waals surface area contributed by atoms with Crippen LogP contribution in [0.3, 0.4) is 0 Å². The van der Waals surface area contributed by atoms with E-state index in [1.165, 1.54) is 17.2 Å². The fourth-order valence-corrected chi connectivity index (χ4v) is 2.70. The predicted octanol–water partition coefficient (Wildman–Crippen LogP) is 0.408. The predicted molar refractivity (Wildman–Crippen MR) is 72.2 cm³/mol. The largest absolute Gasteiger partial charge is 0.366 e. The molecule has 0 spiro atoms. The van der Waals surface area contributed by atoms with Crippen LogP contribution in [0.25, 0.3) is 5.65 Å². The van der Waals surface area contributed by atoms with Crippen molar-refractivity contribution in [2.45, 2.75) is 44.7 Å². The van der Waals surface area contributed by atoms with Gasteiger partial charge in [0.2, 0.25) is 0 Å². The second-order valence-electron chi connectivity index (χ2n) is 5.11. The molecule has 0 radical (unpaired) electrons. The third kappa shape index (κ3) is 2.21. The van der Waals surface area contributed by atoms with Gasteiger partial charge < -0.3 is 11.1 Å². The van der Waals surface area contributed by atoms with Crippen LogP contribution in [-0.2, 0) is 0 Å². The highest BCUT2D eigenvalue weighted by atomic mass is 16.1. The van der Waals surface area contributed by atoms with Gasteiger partial charge in [0.1, 0.15) is 11.6 Å². The first-order valence-electron chi connectivity index (χ1n) is 6.62. The molecule has 1 saturated carbocycles. The molecule has 19 heavy (non-hydrogen) atoms. The van der Waals surface area contributed by atoms with Crippen LogP contribution < -0.4 is 16.7 Å². The SMILES string of the molecule is Cc1nc(N[C@@H]2CCCC[C@H]2N)cc2n[nH]c(=O)n12. The highest BCUT2D eigenvalue weighted by molar-refractivity contribution is 5.50. The Morgan fingerprint density at radius 3 is 3.05 bits per heavy atom. The van der Waals surface area contributed by atoms with Crippen LogP contribution in [0.5, 0.6) is 0 Å². The first kappa shape index (κ1) is 12.2. The molecule has 3 rings (SSSR count). The lowest BCUT2D eigenvalue weighted by Gasteiger charge is -2.29. The average Bonchev–Trinajstić information content (AvgIpc) is 2.74. The number of aromatic nitrogens is 4. The summed E-state index contributed by atoms with van der Waals surface area (Å²) in [6.45, 7) is 1.79. The summed E-state index contributed by atoms with van der Waals surface area (Å²) >= 11 is 0. The molecule has 7 heteroatoms. The number of anilines is 1. The van der Waals surface area contributed by atoms with Gasteiger partial charge in [0.25, 0.3) is 0 Å². The fraction of sp³-hybridized carbons (Fsp3) is 0.583. The summed E-state index contributed by atoms with van der Waals surface area (Å²) < 4.78 is 1.45. The molecule has 0 aliphatic heterocycles. The van der Waals surface area contributed by atoms with Crippen molar-refractivity contribution in [3.05, 3.63) is 22.4 Å². The van der Waals surface area contributed by atoms with Crippen molar-refractivity contribution in [3.8, 4) is 0 Å². The summed E-state index contributed by atoms with van der Waals surface area (Å²) in [5.74, 6) is 1.34. The van der Waals surface area contributed by atoms with E-state index in [4.69, 9.17) is 5.73 Å². The summed E-state index contributed by atoms with van der Waals surface area (Å²) in [5.41, 5.74) is 6.42. The Bertz CT molecular complexity index is 645. The third-order valence-corrected chi connectivity index (χ3v) is 3.72. The first-order chi connectivity index (χ1) is 9.15. The molecule has 2 aromatic rings. The quantitative estimate of drug-likeness (QED) is 0.727. The summed E-state index contributed by atoms with van der Waals surface area (Å²) in [6.07, 6.45) is 4.48. The van der Waals surface area contributed by atoms with Gasteiger partial charge >= 0.3 is 5.69 Å². The Kier molecular flexibility index (Phi) is 2.98. The number of nitrogens with zero attached hydrogens (tertiary/aromatic N) is 3. The van der Waals surface area contributed by atoms with Crippen molar-refractivity contribution in [2.24, 2.45) is 5.73 Å². The number of aromatic amines is 1. The number of rotatable bonds is 2. The maximum absolute atomic E-state index is 11.5. The van der Waals surface area contributed by atoms with E-state index in [0.717, 1.165) is 18.7 Å². The molecule has 7 nitrogen and oxygen atoms in total. The molecule has 1 aliphatic rings. The number of H-pyrrole nitrogens is 1. The van der Waals surface area contributed by atoms with Gasteiger partial charge in [0.15, 0.2) is 5.65 Å². The number of nitrogens with two attached hydrogens (primary N) is 1. The number of nitrogens with one attached hydrogen (secondary N) is 2. The second-order valence-corrected chi connectivity index (χ2v) is 5.11. The van der Waals surface area contributed by atoms with E-state index in [1.54, 1.807) is 13.0 Å². The standard InChI is InChI=1S/C12H18N6O/c1-7-14-10(6-11-16-17-12(19)18(7)11)15-9-5-3-2-4-8(9)13/h6,8-9,15H,2-5,13H2,1H3,(H,17,19)/t8-,9-/m1/s1. The van der Waals surface area contributed by atoms with E-state index in [9.17, 15) is 4.79 Å². The number of hydrogen-bond donors (Lipinski definition) is 3. The number of aryl methyl sites for hydroxylation is 1.